The molecule has 1 aromatic heterocycles. The summed E-state index contributed by atoms with van der Waals surface area (Å²) in [6.45, 7) is 2.12. The summed E-state index contributed by atoms with van der Waals surface area (Å²) in [7, 11) is 0. The number of rotatable bonds is 3. The molecule has 110 valence electrons. The molecule has 6 heteroatoms. The van der Waals surface area contributed by atoms with E-state index in [0.717, 1.165) is 25.0 Å². The summed E-state index contributed by atoms with van der Waals surface area (Å²) in [4.78, 5) is 14.3. The molecule has 0 spiro atoms. The van der Waals surface area contributed by atoms with Crippen LogP contribution < -0.4 is 10.2 Å². The van der Waals surface area contributed by atoms with Gasteiger partial charge in [-0.2, -0.15) is 9.97 Å². The molecule has 2 N–H and O–H groups in total. The molecule has 2 fully saturated rings. The fourth-order valence-electron chi connectivity index (χ4n) is 3.14. The van der Waals surface area contributed by atoms with Gasteiger partial charge in [-0.3, -0.25) is 4.98 Å². The average molecular weight is 293 g/mol. The van der Waals surface area contributed by atoms with Crippen LogP contribution in [0.2, 0.25) is 0 Å². The van der Waals surface area contributed by atoms with Crippen LogP contribution in [0.1, 0.15) is 51.4 Å². The molecule has 0 amide bonds. The minimum absolute atomic E-state index is 0.432. The highest BCUT2D eigenvalue weighted by molar-refractivity contribution is 7.71. The van der Waals surface area contributed by atoms with Gasteiger partial charge in [-0.25, -0.2) is 0 Å². The molecule has 1 aromatic rings. The van der Waals surface area contributed by atoms with E-state index in [2.05, 4.69) is 25.2 Å². The van der Waals surface area contributed by atoms with E-state index < -0.39 is 0 Å². The first-order valence-electron chi connectivity index (χ1n) is 7.81. The fraction of sp³-hybridized carbons (Fsp3) is 0.786. The SMILES string of the molecule is S=c1nc(NC2CCCCCC2)[nH]c(N2CCCC2)n1. The summed E-state index contributed by atoms with van der Waals surface area (Å²) in [5.41, 5.74) is 0. The van der Waals surface area contributed by atoms with Crippen LogP contribution in [-0.2, 0) is 0 Å². The highest BCUT2D eigenvalue weighted by Crippen LogP contribution is 2.21. The van der Waals surface area contributed by atoms with E-state index >= 15 is 0 Å². The molecule has 0 radical (unpaired) electrons. The summed E-state index contributed by atoms with van der Waals surface area (Å²) in [6, 6.07) is 0.518. The first kappa shape index (κ1) is 13.8. The Kier molecular flexibility index (Phi) is 4.50. The van der Waals surface area contributed by atoms with Crippen molar-refractivity contribution in [2.45, 2.75) is 57.4 Å². The zero-order chi connectivity index (χ0) is 13.8. The van der Waals surface area contributed by atoms with Crippen LogP contribution in [0.3, 0.4) is 0 Å². The van der Waals surface area contributed by atoms with Gasteiger partial charge < -0.3 is 10.2 Å². The first-order chi connectivity index (χ1) is 9.81. The zero-order valence-electron chi connectivity index (χ0n) is 11.9. The molecule has 0 atom stereocenters. The molecule has 2 aliphatic rings. The Morgan fingerprint density at radius 3 is 2.40 bits per heavy atom. The average Bonchev–Trinajstić information content (AvgIpc) is 2.85. The lowest BCUT2D eigenvalue weighted by atomic mass is 10.1. The minimum Gasteiger partial charge on any atom is -0.353 e. The maximum absolute atomic E-state index is 5.21. The van der Waals surface area contributed by atoms with Crippen molar-refractivity contribution in [3.05, 3.63) is 4.77 Å². The second-order valence-electron chi connectivity index (χ2n) is 5.83. The molecule has 3 rings (SSSR count). The van der Waals surface area contributed by atoms with Crippen molar-refractivity contribution in [2.75, 3.05) is 23.3 Å². The third kappa shape index (κ3) is 3.48. The Morgan fingerprint density at radius 2 is 1.70 bits per heavy atom. The summed E-state index contributed by atoms with van der Waals surface area (Å²) >= 11 is 5.21. The van der Waals surface area contributed by atoms with Crippen LogP contribution in [0.15, 0.2) is 0 Å². The van der Waals surface area contributed by atoms with Crippen LogP contribution in [0.4, 0.5) is 11.9 Å². The van der Waals surface area contributed by atoms with Gasteiger partial charge in [-0.15, -0.1) is 0 Å². The number of anilines is 2. The highest BCUT2D eigenvalue weighted by atomic mass is 32.1. The van der Waals surface area contributed by atoms with E-state index in [4.69, 9.17) is 12.2 Å². The molecule has 1 aliphatic carbocycles. The maximum atomic E-state index is 5.21. The van der Waals surface area contributed by atoms with Gasteiger partial charge in [-0.1, -0.05) is 25.7 Å². The number of nitrogens with one attached hydrogen (secondary N) is 2. The van der Waals surface area contributed by atoms with Crippen molar-refractivity contribution in [1.29, 1.82) is 0 Å². The Hall–Kier alpha value is -1.17. The normalized spacial score (nSPS) is 20.9. The van der Waals surface area contributed by atoms with Crippen molar-refractivity contribution < 1.29 is 0 Å². The van der Waals surface area contributed by atoms with Crippen molar-refractivity contribution in [2.24, 2.45) is 0 Å². The molecule has 2 heterocycles. The summed E-state index contributed by atoms with van der Waals surface area (Å²) < 4.78 is 0.432. The Morgan fingerprint density at radius 1 is 1.00 bits per heavy atom. The van der Waals surface area contributed by atoms with E-state index in [1.165, 1.54) is 51.4 Å². The highest BCUT2D eigenvalue weighted by Gasteiger charge is 2.17. The van der Waals surface area contributed by atoms with Crippen LogP contribution >= 0.6 is 12.2 Å². The van der Waals surface area contributed by atoms with Gasteiger partial charge in [0.05, 0.1) is 0 Å². The third-order valence-electron chi connectivity index (χ3n) is 4.24. The molecule has 0 bridgehead atoms. The number of nitrogens with zero attached hydrogens (tertiary/aromatic N) is 3. The van der Waals surface area contributed by atoms with Crippen molar-refractivity contribution >= 4 is 24.1 Å². The number of H-pyrrole nitrogens is 1. The number of hydrogen-bond acceptors (Lipinski definition) is 5. The molecular weight excluding hydrogens is 270 g/mol. The van der Waals surface area contributed by atoms with Gasteiger partial charge in [0.25, 0.3) is 0 Å². The molecule has 20 heavy (non-hydrogen) atoms. The lowest BCUT2D eigenvalue weighted by Crippen LogP contribution is -2.24. The lowest BCUT2D eigenvalue weighted by molar-refractivity contribution is 0.613. The number of aromatic amines is 1. The topological polar surface area (TPSA) is 56.8 Å². The van der Waals surface area contributed by atoms with E-state index in [0.29, 0.717) is 10.8 Å². The summed E-state index contributed by atoms with van der Waals surface area (Å²) in [6.07, 6.45) is 10.2. The number of aromatic nitrogens is 3. The summed E-state index contributed by atoms with van der Waals surface area (Å²) in [5, 5.41) is 3.53. The fourth-order valence-corrected chi connectivity index (χ4v) is 3.31. The Labute approximate surface area is 125 Å². The molecule has 1 saturated heterocycles. The van der Waals surface area contributed by atoms with Gasteiger partial charge in [-0.05, 0) is 37.9 Å². The molecular formula is C14H23N5S. The van der Waals surface area contributed by atoms with Gasteiger partial charge in [0.15, 0.2) is 0 Å². The quantitative estimate of drug-likeness (QED) is 0.661. The predicted molar refractivity (Wildman–Crippen MR) is 83.8 cm³/mol. The van der Waals surface area contributed by atoms with Gasteiger partial charge in [0.2, 0.25) is 16.7 Å². The zero-order valence-corrected chi connectivity index (χ0v) is 12.7. The van der Waals surface area contributed by atoms with Crippen molar-refractivity contribution in [1.82, 2.24) is 15.0 Å². The van der Waals surface area contributed by atoms with Crippen molar-refractivity contribution in [3.63, 3.8) is 0 Å². The predicted octanol–water partition coefficient (Wildman–Crippen LogP) is 3.27. The van der Waals surface area contributed by atoms with E-state index in [1.807, 2.05) is 0 Å². The largest absolute Gasteiger partial charge is 0.353 e. The molecule has 5 nitrogen and oxygen atoms in total. The molecule has 1 aliphatic heterocycles. The van der Waals surface area contributed by atoms with Gasteiger partial charge >= 0.3 is 0 Å². The maximum Gasteiger partial charge on any atom is 0.225 e. The minimum atomic E-state index is 0.432. The first-order valence-corrected chi connectivity index (χ1v) is 8.22. The van der Waals surface area contributed by atoms with Crippen LogP contribution in [-0.4, -0.2) is 34.1 Å². The number of hydrogen-bond donors (Lipinski definition) is 2. The molecule has 0 aromatic carbocycles. The Balaban J connectivity index is 1.73. The van der Waals surface area contributed by atoms with E-state index in [-0.39, 0.29) is 0 Å². The van der Waals surface area contributed by atoms with E-state index in [1.54, 1.807) is 0 Å². The molecule has 1 saturated carbocycles. The standard InChI is InChI=1S/C14H23N5S/c20-14-17-12(15-11-7-3-1-2-4-8-11)16-13(18-14)19-9-5-6-10-19/h11H,1-10H2,(H2,15,16,17,18,20). The summed E-state index contributed by atoms with van der Waals surface area (Å²) in [5.74, 6) is 1.66. The van der Waals surface area contributed by atoms with Crippen molar-refractivity contribution in [3.8, 4) is 0 Å². The second-order valence-corrected chi connectivity index (χ2v) is 6.20. The van der Waals surface area contributed by atoms with E-state index in [9.17, 15) is 0 Å². The van der Waals surface area contributed by atoms with Crippen LogP contribution in [0.25, 0.3) is 0 Å². The third-order valence-corrected chi connectivity index (χ3v) is 4.42. The lowest BCUT2D eigenvalue weighted by Gasteiger charge is -2.19. The monoisotopic (exact) mass is 293 g/mol. The van der Waals surface area contributed by atoms with Gasteiger partial charge in [0, 0.05) is 19.1 Å². The second kappa shape index (κ2) is 6.52. The van der Waals surface area contributed by atoms with Crippen LogP contribution in [0, 0.1) is 4.77 Å². The Bertz CT molecular complexity index is 487. The van der Waals surface area contributed by atoms with Gasteiger partial charge in [0.1, 0.15) is 0 Å². The molecule has 0 unspecified atom stereocenters. The van der Waals surface area contributed by atoms with Crippen LogP contribution in [0.5, 0.6) is 0 Å². The smallest absolute Gasteiger partial charge is 0.225 e.